The van der Waals surface area contributed by atoms with Gasteiger partial charge in [-0.3, -0.25) is 4.79 Å². The summed E-state index contributed by atoms with van der Waals surface area (Å²) in [4.78, 5) is 11.9. The third-order valence-corrected chi connectivity index (χ3v) is 2.67. The zero-order valence-corrected chi connectivity index (χ0v) is 9.50. The van der Waals surface area contributed by atoms with Crippen molar-refractivity contribution in [2.45, 2.75) is 38.6 Å². The Hall–Kier alpha value is -1.31. The number of benzene rings is 1. The fourth-order valence-electron chi connectivity index (χ4n) is 1.95. The SMILES string of the molecule is CC(C)(C)NC(=O)C1Cc2ccccc21. The number of hydrogen-bond donors (Lipinski definition) is 1. The first-order chi connectivity index (χ1) is 6.97. The number of amides is 1. The van der Waals surface area contributed by atoms with Crippen molar-refractivity contribution in [3.05, 3.63) is 35.4 Å². The van der Waals surface area contributed by atoms with Crippen molar-refractivity contribution in [2.24, 2.45) is 0 Å². The monoisotopic (exact) mass is 203 g/mol. The Morgan fingerprint density at radius 1 is 1.33 bits per heavy atom. The summed E-state index contributed by atoms with van der Waals surface area (Å²) in [6, 6.07) is 8.16. The molecule has 0 aliphatic heterocycles. The quantitative estimate of drug-likeness (QED) is 0.745. The second-order valence-electron chi connectivity index (χ2n) is 5.19. The Labute approximate surface area is 90.7 Å². The van der Waals surface area contributed by atoms with Gasteiger partial charge >= 0.3 is 0 Å². The van der Waals surface area contributed by atoms with Gasteiger partial charge in [-0.05, 0) is 38.3 Å². The molecule has 0 spiro atoms. The van der Waals surface area contributed by atoms with Crippen molar-refractivity contribution >= 4 is 5.91 Å². The Kier molecular flexibility index (Phi) is 2.29. The highest BCUT2D eigenvalue weighted by atomic mass is 16.2. The largest absolute Gasteiger partial charge is 0.351 e. The van der Waals surface area contributed by atoms with Gasteiger partial charge in [0, 0.05) is 5.54 Å². The number of carbonyl (C=O) groups is 1. The number of rotatable bonds is 1. The molecule has 0 heterocycles. The number of fused-ring (bicyclic) bond motifs is 1. The summed E-state index contributed by atoms with van der Waals surface area (Å²) in [7, 11) is 0. The minimum atomic E-state index is -0.137. The van der Waals surface area contributed by atoms with Gasteiger partial charge < -0.3 is 5.32 Å². The van der Waals surface area contributed by atoms with Crippen molar-refractivity contribution in [1.29, 1.82) is 0 Å². The number of nitrogens with one attached hydrogen (secondary N) is 1. The lowest BCUT2D eigenvalue weighted by atomic mass is 9.77. The molecule has 0 fully saturated rings. The average Bonchev–Trinajstić information content (AvgIpc) is 2.03. The first-order valence-corrected chi connectivity index (χ1v) is 5.37. The maximum absolute atomic E-state index is 11.9. The zero-order valence-electron chi connectivity index (χ0n) is 9.50. The van der Waals surface area contributed by atoms with Crippen LogP contribution in [0.25, 0.3) is 0 Å². The van der Waals surface area contributed by atoms with E-state index >= 15 is 0 Å². The highest BCUT2D eigenvalue weighted by Crippen LogP contribution is 2.35. The first-order valence-electron chi connectivity index (χ1n) is 5.37. The van der Waals surface area contributed by atoms with Gasteiger partial charge in [-0.1, -0.05) is 24.3 Å². The van der Waals surface area contributed by atoms with Crippen molar-refractivity contribution in [1.82, 2.24) is 5.32 Å². The van der Waals surface area contributed by atoms with E-state index in [0.717, 1.165) is 6.42 Å². The van der Waals surface area contributed by atoms with Gasteiger partial charge in [0.25, 0.3) is 0 Å². The minimum Gasteiger partial charge on any atom is -0.351 e. The molecule has 2 rings (SSSR count). The molecule has 80 valence electrons. The van der Waals surface area contributed by atoms with Crippen LogP contribution in [-0.4, -0.2) is 11.4 Å². The van der Waals surface area contributed by atoms with Crippen LogP contribution in [0.15, 0.2) is 24.3 Å². The summed E-state index contributed by atoms with van der Waals surface area (Å²) in [6.07, 6.45) is 0.887. The highest BCUT2D eigenvalue weighted by Gasteiger charge is 2.33. The molecule has 1 aliphatic carbocycles. The topological polar surface area (TPSA) is 29.1 Å². The van der Waals surface area contributed by atoms with Gasteiger partial charge in [0.15, 0.2) is 0 Å². The molecule has 1 aromatic rings. The van der Waals surface area contributed by atoms with Gasteiger partial charge in [0.2, 0.25) is 5.91 Å². The van der Waals surface area contributed by atoms with E-state index in [1.165, 1.54) is 11.1 Å². The summed E-state index contributed by atoms with van der Waals surface area (Å²) in [5, 5.41) is 3.02. The lowest BCUT2D eigenvalue weighted by Gasteiger charge is -2.32. The van der Waals surface area contributed by atoms with Crippen LogP contribution in [0.4, 0.5) is 0 Å². The Morgan fingerprint density at radius 3 is 2.60 bits per heavy atom. The van der Waals surface area contributed by atoms with Crippen LogP contribution < -0.4 is 5.32 Å². The Bertz CT molecular complexity index is 390. The molecular formula is C13H17NO. The predicted molar refractivity (Wildman–Crippen MR) is 60.8 cm³/mol. The van der Waals surface area contributed by atoms with Crippen LogP contribution >= 0.6 is 0 Å². The highest BCUT2D eigenvalue weighted by molar-refractivity contribution is 5.87. The van der Waals surface area contributed by atoms with E-state index in [1.54, 1.807) is 0 Å². The van der Waals surface area contributed by atoms with Crippen LogP contribution in [-0.2, 0) is 11.2 Å². The fourth-order valence-corrected chi connectivity index (χ4v) is 1.95. The fraction of sp³-hybridized carbons (Fsp3) is 0.462. The molecule has 1 aromatic carbocycles. The molecule has 1 atom stereocenters. The molecule has 1 unspecified atom stereocenters. The predicted octanol–water partition coefficient (Wildman–Crippen LogP) is 2.24. The van der Waals surface area contributed by atoms with E-state index in [1.807, 2.05) is 39.0 Å². The molecular weight excluding hydrogens is 186 g/mol. The van der Waals surface area contributed by atoms with E-state index in [-0.39, 0.29) is 17.4 Å². The van der Waals surface area contributed by atoms with E-state index < -0.39 is 0 Å². The molecule has 1 amide bonds. The van der Waals surface area contributed by atoms with E-state index in [2.05, 4.69) is 11.4 Å². The maximum atomic E-state index is 11.9. The lowest BCUT2D eigenvalue weighted by Crippen LogP contribution is -2.45. The molecule has 1 N–H and O–H groups in total. The second kappa shape index (κ2) is 3.37. The first kappa shape index (κ1) is 10.2. The van der Waals surface area contributed by atoms with Crippen LogP contribution in [0.3, 0.4) is 0 Å². The summed E-state index contributed by atoms with van der Waals surface area (Å²) in [5.74, 6) is 0.224. The molecule has 0 aromatic heterocycles. The normalized spacial score (nSPS) is 19.0. The zero-order chi connectivity index (χ0) is 11.1. The van der Waals surface area contributed by atoms with E-state index in [4.69, 9.17) is 0 Å². The van der Waals surface area contributed by atoms with Crippen molar-refractivity contribution in [3.8, 4) is 0 Å². The molecule has 0 saturated heterocycles. The van der Waals surface area contributed by atoms with Gasteiger partial charge in [-0.15, -0.1) is 0 Å². The molecule has 0 saturated carbocycles. The second-order valence-corrected chi connectivity index (χ2v) is 5.19. The van der Waals surface area contributed by atoms with Gasteiger partial charge in [0.1, 0.15) is 0 Å². The van der Waals surface area contributed by atoms with Crippen LogP contribution in [0.2, 0.25) is 0 Å². The molecule has 2 nitrogen and oxygen atoms in total. The summed E-state index contributed by atoms with van der Waals surface area (Å²) < 4.78 is 0. The van der Waals surface area contributed by atoms with Gasteiger partial charge in [0.05, 0.1) is 5.92 Å². The third-order valence-electron chi connectivity index (χ3n) is 2.67. The number of hydrogen-bond acceptors (Lipinski definition) is 1. The standard InChI is InChI=1S/C13H17NO/c1-13(2,3)14-12(15)11-8-9-6-4-5-7-10(9)11/h4-7,11H,8H2,1-3H3,(H,14,15). The van der Waals surface area contributed by atoms with Crippen LogP contribution in [0, 0.1) is 0 Å². The summed E-state index contributed by atoms with van der Waals surface area (Å²) in [5.41, 5.74) is 2.37. The molecule has 2 heteroatoms. The van der Waals surface area contributed by atoms with E-state index in [9.17, 15) is 4.79 Å². The summed E-state index contributed by atoms with van der Waals surface area (Å²) in [6.45, 7) is 6.03. The minimum absolute atomic E-state index is 0.0698. The van der Waals surface area contributed by atoms with Crippen molar-refractivity contribution in [3.63, 3.8) is 0 Å². The van der Waals surface area contributed by atoms with Crippen molar-refractivity contribution in [2.75, 3.05) is 0 Å². The average molecular weight is 203 g/mol. The van der Waals surface area contributed by atoms with Crippen LogP contribution in [0.5, 0.6) is 0 Å². The molecule has 0 bridgehead atoms. The summed E-state index contributed by atoms with van der Waals surface area (Å²) >= 11 is 0. The maximum Gasteiger partial charge on any atom is 0.228 e. The van der Waals surface area contributed by atoms with Crippen LogP contribution in [0.1, 0.15) is 37.8 Å². The molecule has 1 aliphatic rings. The van der Waals surface area contributed by atoms with E-state index in [0.29, 0.717) is 0 Å². The Balaban J connectivity index is 2.08. The van der Waals surface area contributed by atoms with Crippen molar-refractivity contribution < 1.29 is 4.79 Å². The smallest absolute Gasteiger partial charge is 0.228 e. The molecule has 0 radical (unpaired) electrons. The molecule has 15 heavy (non-hydrogen) atoms. The Morgan fingerprint density at radius 2 is 2.00 bits per heavy atom. The third kappa shape index (κ3) is 2.04. The number of carbonyl (C=O) groups excluding carboxylic acids is 1. The van der Waals surface area contributed by atoms with Gasteiger partial charge in [-0.2, -0.15) is 0 Å². The van der Waals surface area contributed by atoms with Gasteiger partial charge in [-0.25, -0.2) is 0 Å². The lowest BCUT2D eigenvalue weighted by molar-refractivity contribution is -0.124.